The molecule has 2 aromatic rings. The van der Waals surface area contributed by atoms with Crippen LogP contribution in [0.15, 0.2) is 58.2 Å². The molecule has 1 atom stereocenters. The number of methoxy groups -OCH3 is 1. The Morgan fingerprint density at radius 3 is 2.55 bits per heavy atom. The van der Waals surface area contributed by atoms with Crippen molar-refractivity contribution in [1.29, 1.82) is 0 Å². The van der Waals surface area contributed by atoms with Crippen molar-refractivity contribution in [1.82, 2.24) is 10.6 Å². The third kappa shape index (κ3) is 4.71. The molecule has 0 bridgehead atoms. The van der Waals surface area contributed by atoms with Gasteiger partial charge in [0, 0.05) is 15.9 Å². The minimum Gasteiger partial charge on any atom is -0.493 e. The molecule has 0 fully saturated rings. The molecule has 1 heterocycles. The molecule has 1 aliphatic heterocycles. The predicted molar refractivity (Wildman–Crippen MR) is 114 cm³/mol. The van der Waals surface area contributed by atoms with Gasteiger partial charge >= 0.3 is 6.03 Å². The minimum absolute atomic E-state index is 0.310. The quantitative estimate of drug-likeness (QED) is 0.605. The van der Waals surface area contributed by atoms with Crippen LogP contribution in [0.3, 0.4) is 0 Å². The number of hydrogen-bond acceptors (Lipinski definition) is 4. The summed E-state index contributed by atoms with van der Waals surface area (Å²) in [5.74, 6) is 0.818. The molecule has 3 N–H and O–H groups in total. The van der Waals surface area contributed by atoms with Gasteiger partial charge in [0.05, 0.1) is 25.3 Å². The number of carbonyl (C=O) groups excluding carboxylic acids is 2. The van der Waals surface area contributed by atoms with Gasteiger partial charge in [-0.05, 0) is 55.8 Å². The first-order valence-corrected chi connectivity index (χ1v) is 9.88. The molecule has 0 spiro atoms. The molecule has 1 aliphatic rings. The van der Waals surface area contributed by atoms with E-state index >= 15 is 0 Å². The zero-order valence-electron chi connectivity index (χ0n) is 16.3. The number of halogens is 1. The third-order valence-electron chi connectivity index (χ3n) is 4.44. The second-order valence-corrected chi connectivity index (χ2v) is 7.29. The maximum Gasteiger partial charge on any atom is 0.319 e. The van der Waals surface area contributed by atoms with Crippen LogP contribution in [-0.2, 0) is 4.79 Å². The highest BCUT2D eigenvalue weighted by molar-refractivity contribution is 9.10. The summed E-state index contributed by atoms with van der Waals surface area (Å²) in [6.07, 6.45) is 0. The number of carbonyl (C=O) groups is 2. The van der Waals surface area contributed by atoms with Crippen LogP contribution in [0.2, 0.25) is 0 Å². The van der Waals surface area contributed by atoms with Crippen molar-refractivity contribution in [2.24, 2.45) is 0 Å². The van der Waals surface area contributed by atoms with Gasteiger partial charge in [0.15, 0.2) is 11.5 Å². The molecule has 2 aromatic carbocycles. The number of amides is 3. The van der Waals surface area contributed by atoms with Crippen LogP contribution >= 0.6 is 15.9 Å². The van der Waals surface area contributed by atoms with Gasteiger partial charge in [-0.25, -0.2) is 4.79 Å². The van der Waals surface area contributed by atoms with Crippen LogP contribution in [0.4, 0.5) is 10.5 Å². The Labute approximate surface area is 177 Å². The van der Waals surface area contributed by atoms with E-state index in [0.29, 0.717) is 40.6 Å². The van der Waals surface area contributed by atoms with Crippen molar-refractivity contribution < 1.29 is 19.1 Å². The summed E-state index contributed by atoms with van der Waals surface area (Å²) in [5.41, 5.74) is 2.26. The lowest BCUT2D eigenvalue weighted by Gasteiger charge is -2.29. The van der Waals surface area contributed by atoms with Crippen molar-refractivity contribution in [2.75, 3.05) is 19.0 Å². The monoisotopic (exact) mass is 459 g/mol. The van der Waals surface area contributed by atoms with Crippen LogP contribution in [0.5, 0.6) is 11.5 Å². The summed E-state index contributed by atoms with van der Waals surface area (Å²) in [7, 11) is 1.55. The number of urea groups is 1. The number of ether oxygens (including phenoxy) is 2. The largest absolute Gasteiger partial charge is 0.493 e. The Hall–Kier alpha value is -3.00. The van der Waals surface area contributed by atoms with E-state index < -0.39 is 6.04 Å². The standard InChI is InChI=1S/C21H22BrN3O4/c1-4-29-16-10-5-13(11-17(16)28-3)19-18(12(2)23-21(27)25-19)20(26)24-15-8-6-14(22)7-9-15/h5-11,19H,4H2,1-3H3,(H,24,26)(H2,23,25,27)/t19-/m0/s1. The normalized spacial score (nSPS) is 16.0. The third-order valence-corrected chi connectivity index (χ3v) is 4.97. The summed E-state index contributed by atoms with van der Waals surface area (Å²) in [6.45, 7) is 4.09. The lowest BCUT2D eigenvalue weighted by molar-refractivity contribution is -0.113. The molecule has 0 saturated carbocycles. The van der Waals surface area contributed by atoms with Crippen LogP contribution in [0.25, 0.3) is 0 Å². The maximum atomic E-state index is 13.0. The molecule has 3 amide bonds. The van der Waals surface area contributed by atoms with Gasteiger partial charge in [-0.15, -0.1) is 0 Å². The molecular weight excluding hydrogens is 438 g/mol. The van der Waals surface area contributed by atoms with E-state index in [-0.39, 0.29) is 11.9 Å². The van der Waals surface area contributed by atoms with E-state index in [1.807, 2.05) is 25.1 Å². The lowest BCUT2D eigenvalue weighted by Crippen LogP contribution is -2.45. The Morgan fingerprint density at radius 2 is 1.90 bits per heavy atom. The molecule has 7 nitrogen and oxygen atoms in total. The van der Waals surface area contributed by atoms with E-state index in [4.69, 9.17) is 9.47 Å². The van der Waals surface area contributed by atoms with Gasteiger partial charge in [-0.3, -0.25) is 4.79 Å². The highest BCUT2D eigenvalue weighted by Crippen LogP contribution is 2.34. The fourth-order valence-electron chi connectivity index (χ4n) is 3.12. The molecule has 152 valence electrons. The number of nitrogens with one attached hydrogen (secondary N) is 3. The molecule has 29 heavy (non-hydrogen) atoms. The molecule has 0 aliphatic carbocycles. The second kappa shape index (κ2) is 9.00. The minimum atomic E-state index is -0.635. The first-order chi connectivity index (χ1) is 13.9. The van der Waals surface area contributed by atoms with Crippen molar-refractivity contribution >= 4 is 33.6 Å². The predicted octanol–water partition coefficient (Wildman–Crippen LogP) is 4.12. The maximum absolute atomic E-state index is 13.0. The fraction of sp³-hybridized carbons (Fsp3) is 0.238. The number of anilines is 1. The van der Waals surface area contributed by atoms with Gasteiger partial charge < -0.3 is 25.4 Å². The fourth-order valence-corrected chi connectivity index (χ4v) is 3.38. The molecule has 0 aromatic heterocycles. The molecule has 0 unspecified atom stereocenters. The van der Waals surface area contributed by atoms with E-state index in [9.17, 15) is 9.59 Å². The highest BCUT2D eigenvalue weighted by Gasteiger charge is 2.31. The van der Waals surface area contributed by atoms with E-state index in [2.05, 4.69) is 31.9 Å². The van der Waals surface area contributed by atoms with Gasteiger partial charge in [0.1, 0.15) is 0 Å². The lowest BCUT2D eigenvalue weighted by atomic mass is 9.94. The number of hydrogen-bond donors (Lipinski definition) is 3. The van der Waals surface area contributed by atoms with Crippen molar-refractivity contribution in [3.63, 3.8) is 0 Å². The van der Waals surface area contributed by atoms with E-state index in [0.717, 1.165) is 4.47 Å². The van der Waals surface area contributed by atoms with Crippen LogP contribution in [-0.4, -0.2) is 25.7 Å². The summed E-state index contributed by atoms with van der Waals surface area (Å²) in [4.78, 5) is 25.1. The summed E-state index contributed by atoms with van der Waals surface area (Å²) >= 11 is 3.37. The average molecular weight is 460 g/mol. The topological polar surface area (TPSA) is 88.7 Å². The Bertz CT molecular complexity index is 957. The molecule has 0 saturated heterocycles. The average Bonchev–Trinajstić information content (AvgIpc) is 2.69. The van der Waals surface area contributed by atoms with Gasteiger partial charge in [0.2, 0.25) is 0 Å². The van der Waals surface area contributed by atoms with E-state index in [1.54, 1.807) is 38.3 Å². The van der Waals surface area contributed by atoms with Crippen molar-refractivity contribution in [3.8, 4) is 11.5 Å². The van der Waals surface area contributed by atoms with Gasteiger partial charge in [-0.2, -0.15) is 0 Å². The van der Waals surface area contributed by atoms with Gasteiger partial charge in [0.25, 0.3) is 5.91 Å². The first kappa shape index (κ1) is 20.7. The number of benzene rings is 2. The molecule has 8 heteroatoms. The van der Waals surface area contributed by atoms with E-state index in [1.165, 1.54) is 0 Å². The molecule has 0 radical (unpaired) electrons. The van der Waals surface area contributed by atoms with Crippen molar-refractivity contribution in [3.05, 3.63) is 63.8 Å². The smallest absolute Gasteiger partial charge is 0.319 e. The molecular formula is C21H22BrN3O4. The zero-order valence-corrected chi connectivity index (χ0v) is 17.9. The Kier molecular flexibility index (Phi) is 6.43. The Morgan fingerprint density at radius 1 is 1.17 bits per heavy atom. The zero-order chi connectivity index (χ0) is 21.0. The summed E-state index contributed by atoms with van der Waals surface area (Å²) < 4.78 is 11.9. The Balaban J connectivity index is 1.95. The van der Waals surface area contributed by atoms with Crippen molar-refractivity contribution in [2.45, 2.75) is 19.9 Å². The molecule has 3 rings (SSSR count). The first-order valence-electron chi connectivity index (χ1n) is 9.08. The van der Waals surface area contributed by atoms with Crippen LogP contribution < -0.4 is 25.4 Å². The van der Waals surface area contributed by atoms with Crippen LogP contribution in [0.1, 0.15) is 25.5 Å². The summed E-state index contributed by atoms with van der Waals surface area (Å²) in [5, 5.41) is 8.37. The number of rotatable bonds is 6. The summed E-state index contributed by atoms with van der Waals surface area (Å²) in [6, 6.07) is 11.6. The van der Waals surface area contributed by atoms with Gasteiger partial charge in [-0.1, -0.05) is 22.0 Å². The second-order valence-electron chi connectivity index (χ2n) is 6.37. The number of allylic oxidation sites excluding steroid dienone is 1. The SMILES string of the molecule is CCOc1ccc([C@@H]2NC(=O)NC(C)=C2C(=O)Nc2ccc(Br)cc2)cc1OC. The highest BCUT2D eigenvalue weighted by atomic mass is 79.9. The van der Waals surface area contributed by atoms with Crippen LogP contribution in [0, 0.1) is 0 Å².